The molecule has 4 aliphatic carbocycles. The minimum Gasteiger partial charge on any atom is -0.460 e. The van der Waals surface area contributed by atoms with Crippen LogP contribution in [0.5, 0.6) is 0 Å². The summed E-state index contributed by atoms with van der Waals surface area (Å²) in [7, 11) is 0. The molecule has 5 atom stereocenters. The van der Waals surface area contributed by atoms with E-state index in [0.717, 1.165) is 19.3 Å². The predicted molar refractivity (Wildman–Crippen MR) is 86.8 cm³/mol. The van der Waals surface area contributed by atoms with E-state index in [1.165, 1.54) is 25.7 Å². The van der Waals surface area contributed by atoms with Crippen LogP contribution in [-0.4, -0.2) is 24.3 Å². The first-order valence-electron chi connectivity index (χ1n) is 9.53. The minimum atomic E-state index is -0.691. The molecule has 5 aliphatic rings. The van der Waals surface area contributed by atoms with Crippen LogP contribution in [0.4, 0.5) is 0 Å². The van der Waals surface area contributed by atoms with E-state index < -0.39 is 5.60 Å². The third-order valence-electron chi connectivity index (χ3n) is 9.31. The molecule has 23 heavy (non-hydrogen) atoms. The van der Waals surface area contributed by atoms with Crippen LogP contribution in [0.15, 0.2) is 0 Å². The summed E-state index contributed by atoms with van der Waals surface area (Å²) in [5, 5.41) is 0. The molecular weight excluding hydrogens is 288 g/mol. The maximum absolute atomic E-state index is 13.2. The molecule has 0 radical (unpaired) electrons. The van der Waals surface area contributed by atoms with Gasteiger partial charge >= 0.3 is 5.97 Å². The maximum Gasteiger partial charge on any atom is 0.339 e. The average Bonchev–Trinajstić information content (AvgIpc) is 3.11. The normalized spacial score (nSPS) is 53.9. The summed E-state index contributed by atoms with van der Waals surface area (Å²) in [6.07, 6.45) is 8.51. The van der Waals surface area contributed by atoms with Gasteiger partial charge in [-0.3, -0.25) is 0 Å². The van der Waals surface area contributed by atoms with Gasteiger partial charge < -0.3 is 9.47 Å². The molecule has 0 aromatic carbocycles. The fraction of sp³-hybridized carbons (Fsp3) is 0.950. The van der Waals surface area contributed by atoms with Gasteiger partial charge in [0.2, 0.25) is 0 Å². The summed E-state index contributed by atoms with van der Waals surface area (Å²) in [5.74, 6) is 0.561. The van der Waals surface area contributed by atoms with Crippen LogP contribution in [0, 0.1) is 27.6 Å². The summed E-state index contributed by atoms with van der Waals surface area (Å²) in [5.41, 5.74) is 0.270. The molecule has 1 aliphatic heterocycles. The molecule has 3 nitrogen and oxygen atoms in total. The zero-order chi connectivity index (χ0) is 16.3. The fourth-order valence-corrected chi connectivity index (χ4v) is 6.91. The third-order valence-corrected chi connectivity index (χ3v) is 9.31. The highest BCUT2D eigenvalue weighted by atomic mass is 16.6. The van der Waals surface area contributed by atoms with Crippen molar-refractivity contribution in [2.75, 3.05) is 6.61 Å². The molecule has 1 saturated heterocycles. The monoisotopic (exact) mass is 318 g/mol. The Bertz CT molecular complexity index is 574. The molecular formula is C20H30O3. The van der Waals surface area contributed by atoms with Gasteiger partial charge in [-0.1, -0.05) is 27.7 Å². The van der Waals surface area contributed by atoms with Gasteiger partial charge in [-0.2, -0.15) is 0 Å². The van der Waals surface area contributed by atoms with Gasteiger partial charge in [-0.15, -0.1) is 0 Å². The second kappa shape index (κ2) is 3.81. The predicted octanol–water partition coefficient (Wildman–Crippen LogP) is 4.09. The van der Waals surface area contributed by atoms with Gasteiger partial charge in [0.25, 0.3) is 0 Å². The van der Waals surface area contributed by atoms with Gasteiger partial charge in [0, 0.05) is 11.3 Å². The van der Waals surface area contributed by atoms with Crippen LogP contribution in [0.2, 0.25) is 0 Å². The van der Waals surface area contributed by atoms with Crippen molar-refractivity contribution in [2.45, 2.75) is 84.3 Å². The van der Waals surface area contributed by atoms with Gasteiger partial charge in [0.05, 0.1) is 6.61 Å². The average molecular weight is 318 g/mol. The largest absolute Gasteiger partial charge is 0.460 e. The molecule has 1 unspecified atom stereocenters. The summed E-state index contributed by atoms with van der Waals surface area (Å²) in [6.45, 7) is 9.79. The molecule has 0 aromatic rings. The molecule has 3 heteroatoms. The molecule has 2 bridgehead atoms. The second-order valence-electron chi connectivity index (χ2n) is 10.4. The van der Waals surface area contributed by atoms with E-state index in [1.807, 2.05) is 0 Å². The van der Waals surface area contributed by atoms with Crippen LogP contribution >= 0.6 is 0 Å². The molecule has 5 rings (SSSR count). The van der Waals surface area contributed by atoms with E-state index in [0.29, 0.717) is 23.4 Å². The van der Waals surface area contributed by atoms with Gasteiger partial charge in [-0.25, -0.2) is 4.79 Å². The Morgan fingerprint density at radius 2 is 1.70 bits per heavy atom. The van der Waals surface area contributed by atoms with Crippen molar-refractivity contribution >= 4 is 5.97 Å². The number of fused-ring (bicyclic) bond motifs is 4. The highest BCUT2D eigenvalue weighted by molar-refractivity contribution is 5.82. The summed E-state index contributed by atoms with van der Waals surface area (Å²) < 4.78 is 12.3. The summed E-state index contributed by atoms with van der Waals surface area (Å²) in [4.78, 5) is 13.2. The molecule has 5 fully saturated rings. The molecule has 4 saturated carbocycles. The van der Waals surface area contributed by atoms with Crippen molar-refractivity contribution in [1.82, 2.24) is 0 Å². The molecule has 1 heterocycles. The highest BCUT2D eigenvalue weighted by Crippen LogP contribution is 2.75. The Balaban J connectivity index is 1.37. The molecule has 128 valence electrons. The number of hydrogen-bond donors (Lipinski definition) is 0. The Morgan fingerprint density at radius 1 is 1.00 bits per heavy atom. The number of esters is 1. The van der Waals surface area contributed by atoms with Crippen molar-refractivity contribution in [3.63, 3.8) is 0 Å². The van der Waals surface area contributed by atoms with Gasteiger partial charge in [0.15, 0.2) is 5.60 Å². The van der Waals surface area contributed by atoms with Crippen LogP contribution in [0.3, 0.4) is 0 Å². The Labute approximate surface area is 139 Å². The quantitative estimate of drug-likeness (QED) is 0.719. The number of ether oxygens (including phenoxy) is 2. The lowest BCUT2D eigenvalue weighted by Crippen LogP contribution is -2.56. The fourth-order valence-electron chi connectivity index (χ4n) is 6.91. The standard InChI is InChI=1S/C20H30O3/c1-16(2)18(4)6-10-20(16,22-12-18)15(21)23-13-11-17(3)5-7-19(8-9-19)14(13)17/h13-14H,5-12H2,1-4H3/t13-,14-,17+,18+,20?/m1/s1. The number of carbonyl (C=O) groups is 1. The van der Waals surface area contributed by atoms with Crippen molar-refractivity contribution in [1.29, 1.82) is 0 Å². The molecule has 1 spiro atoms. The van der Waals surface area contributed by atoms with E-state index in [2.05, 4.69) is 27.7 Å². The van der Waals surface area contributed by atoms with Crippen molar-refractivity contribution in [2.24, 2.45) is 27.6 Å². The zero-order valence-electron chi connectivity index (χ0n) is 15.0. The first kappa shape index (κ1) is 14.7. The van der Waals surface area contributed by atoms with Crippen LogP contribution < -0.4 is 0 Å². The van der Waals surface area contributed by atoms with E-state index in [-0.39, 0.29) is 22.9 Å². The van der Waals surface area contributed by atoms with Gasteiger partial charge in [0.1, 0.15) is 6.10 Å². The third kappa shape index (κ3) is 1.46. The molecule has 0 aromatic heterocycles. The maximum atomic E-state index is 13.2. The Morgan fingerprint density at radius 3 is 2.22 bits per heavy atom. The Kier molecular flexibility index (Phi) is 2.45. The lowest BCUT2D eigenvalue weighted by molar-refractivity contribution is -0.202. The van der Waals surface area contributed by atoms with Crippen LogP contribution in [0.1, 0.15) is 72.6 Å². The number of hydrogen-bond acceptors (Lipinski definition) is 3. The highest BCUT2D eigenvalue weighted by Gasteiger charge is 2.73. The van der Waals surface area contributed by atoms with E-state index >= 15 is 0 Å². The zero-order valence-corrected chi connectivity index (χ0v) is 15.0. The molecule has 0 amide bonds. The summed E-state index contributed by atoms with van der Waals surface area (Å²) in [6, 6.07) is 0. The minimum absolute atomic E-state index is 0.0570. The van der Waals surface area contributed by atoms with Crippen molar-refractivity contribution < 1.29 is 14.3 Å². The van der Waals surface area contributed by atoms with E-state index in [9.17, 15) is 4.79 Å². The number of rotatable bonds is 2. The lowest BCUT2D eigenvalue weighted by atomic mass is 9.58. The lowest BCUT2D eigenvalue weighted by Gasteiger charge is -2.52. The van der Waals surface area contributed by atoms with Crippen molar-refractivity contribution in [3.8, 4) is 0 Å². The topological polar surface area (TPSA) is 35.5 Å². The van der Waals surface area contributed by atoms with Crippen LogP contribution in [0.25, 0.3) is 0 Å². The first-order valence-corrected chi connectivity index (χ1v) is 9.53. The number of carbonyl (C=O) groups excluding carboxylic acids is 1. The van der Waals surface area contributed by atoms with Gasteiger partial charge in [-0.05, 0) is 61.2 Å². The Hall–Kier alpha value is -0.570. The van der Waals surface area contributed by atoms with E-state index in [1.54, 1.807) is 0 Å². The second-order valence-corrected chi connectivity index (χ2v) is 10.4. The van der Waals surface area contributed by atoms with Crippen molar-refractivity contribution in [3.05, 3.63) is 0 Å². The van der Waals surface area contributed by atoms with Crippen LogP contribution in [-0.2, 0) is 14.3 Å². The first-order chi connectivity index (χ1) is 10.7. The SMILES string of the molecule is CC1(C)C2(C(=O)O[C@@H]3C[C@]4(C)CCC5(CC5)[C@H]34)CC[C@@]1(C)CO2. The summed E-state index contributed by atoms with van der Waals surface area (Å²) >= 11 is 0. The van der Waals surface area contributed by atoms with E-state index in [4.69, 9.17) is 9.47 Å². The molecule has 0 N–H and O–H groups in total. The smallest absolute Gasteiger partial charge is 0.339 e.